The average molecular weight is 403 g/mol. The van der Waals surface area contributed by atoms with Gasteiger partial charge in [0.2, 0.25) is 11.8 Å². The molecule has 6 nitrogen and oxygen atoms in total. The van der Waals surface area contributed by atoms with E-state index in [-0.39, 0.29) is 36.8 Å². The van der Waals surface area contributed by atoms with Gasteiger partial charge in [-0.3, -0.25) is 14.6 Å². The highest BCUT2D eigenvalue weighted by Crippen LogP contribution is 2.21. The second-order valence-electron chi connectivity index (χ2n) is 6.86. The summed E-state index contributed by atoms with van der Waals surface area (Å²) in [5.41, 5.74) is 3.33. The number of nitrogens with one attached hydrogen (secondary N) is 2. The Bertz CT molecular complexity index is 768. The number of piperazine rings is 1. The number of carbonyl (C=O) groups is 2. The number of amides is 2. The van der Waals surface area contributed by atoms with E-state index in [0.717, 1.165) is 17.7 Å². The van der Waals surface area contributed by atoms with Gasteiger partial charge in [0.1, 0.15) is 0 Å². The first-order valence-corrected chi connectivity index (χ1v) is 9.36. The number of benzene rings is 1. The first-order chi connectivity index (χ1) is 13.1. The monoisotopic (exact) mass is 402 g/mol. The number of nitrogens with zero attached hydrogens (tertiary/aromatic N) is 2. The smallest absolute Gasteiger partial charge is 0.242 e. The summed E-state index contributed by atoms with van der Waals surface area (Å²) in [6, 6.07) is 12.0. The Hall–Kier alpha value is -2.44. The van der Waals surface area contributed by atoms with Crippen molar-refractivity contribution in [1.82, 2.24) is 20.5 Å². The highest BCUT2D eigenvalue weighted by molar-refractivity contribution is 5.85. The van der Waals surface area contributed by atoms with E-state index < -0.39 is 0 Å². The Morgan fingerprint density at radius 2 is 2.04 bits per heavy atom. The average Bonchev–Trinajstić information content (AvgIpc) is 2.72. The minimum atomic E-state index is -0.100. The Morgan fingerprint density at radius 1 is 1.25 bits per heavy atom. The van der Waals surface area contributed by atoms with Crippen molar-refractivity contribution < 1.29 is 9.59 Å². The predicted octanol–water partition coefficient (Wildman–Crippen LogP) is 2.03. The molecule has 2 amide bonds. The molecule has 0 radical (unpaired) electrons. The lowest BCUT2D eigenvalue weighted by Gasteiger charge is -2.36. The SMILES string of the molecule is Cc1ccc(CCC(=O)NCC(=O)N2CCNCC2c2cccnc2)cc1.Cl. The van der Waals surface area contributed by atoms with Gasteiger partial charge in [0, 0.05) is 38.4 Å². The van der Waals surface area contributed by atoms with Crippen LogP contribution >= 0.6 is 12.4 Å². The number of carbonyl (C=O) groups excluding carboxylic acids is 2. The highest BCUT2D eigenvalue weighted by Gasteiger charge is 2.27. The van der Waals surface area contributed by atoms with Crippen LogP contribution in [0.3, 0.4) is 0 Å². The van der Waals surface area contributed by atoms with Gasteiger partial charge in [-0.05, 0) is 30.5 Å². The number of aryl methyl sites for hydroxylation is 2. The second-order valence-corrected chi connectivity index (χ2v) is 6.86. The van der Waals surface area contributed by atoms with Gasteiger partial charge in [0.05, 0.1) is 12.6 Å². The standard InChI is InChI=1S/C21H26N4O2.ClH/c1-16-4-6-17(7-5-16)8-9-20(26)24-15-21(27)25-12-11-23-14-19(25)18-3-2-10-22-13-18;/h2-7,10,13,19,23H,8-9,11-12,14-15H2,1H3,(H,24,26);1H. The summed E-state index contributed by atoms with van der Waals surface area (Å²) in [6.07, 6.45) is 4.56. The Labute approximate surface area is 172 Å². The first-order valence-electron chi connectivity index (χ1n) is 9.36. The van der Waals surface area contributed by atoms with Gasteiger partial charge in [-0.15, -0.1) is 12.4 Å². The fraction of sp³-hybridized carbons (Fsp3) is 0.381. The zero-order chi connectivity index (χ0) is 19.1. The largest absolute Gasteiger partial charge is 0.347 e. The first kappa shape index (κ1) is 21.9. The molecule has 1 aliphatic rings. The van der Waals surface area contributed by atoms with Crippen LogP contribution in [0, 0.1) is 6.92 Å². The maximum Gasteiger partial charge on any atom is 0.242 e. The number of hydrogen-bond acceptors (Lipinski definition) is 4. The van der Waals surface area contributed by atoms with E-state index in [4.69, 9.17) is 0 Å². The van der Waals surface area contributed by atoms with Crippen LogP contribution in [0.25, 0.3) is 0 Å². The maximum atomic E-state index is 12.7. The maximum absolute atomic E-state index is 12.7. The minimum Gasteiger partial charge on any atom is -0.347 e. The molecule has 150 valence electrons. The van der Waals surface area contributed by atoms with Crippen LogP contribution in [0.1, 0.15) is 29.2 Å². The lowest BCUT2D eigenvalue weighted by molar-refractivity contribution is -0.135. The van der Waals surface area contributed by atoms with Crippen molar-refractivity contribution in [1.29, 1.82) is 0 Å². The van der Waals surface area contributed by atoms with Crippen LogP contribution in [0.2, 0.25) is 0 Å². The zero-order valence-corrected chi connectivity index (χ0v) is 16.9. The van der Waals surface area contributed by atoms with Gasteiger partial charge in [0.25, 0.3) is 0 Å². The molecule has 1 aliphatic heterocycles. The third-order valence-corrected chi connectivity index (χ3v) is 4.83. The molecule has 1 aromatic heterocycles. The third-order valence-electron chi connectivity index (χ3n) is 4.83. The molecule has 0 aliphatic carbocycles. The summed E-state index contributed by atoms with van der Waals surface area (Å²) < 4.78 is 0. The molecule has 3 rings (SSSR count). The van der Waals surface area contributed by atoms with E-state index in [1.807, 2.05) is 48.2 Å². The molecule has 1 atom stereocenters. The molecular weight excluding hydrogens is 376 g/mol. The second kappa shape index (κ2) is 10.8. The zero-order valence-electron chi connectivity index (χ0n) is 16.1. The summed E-state index contributed by atoms with van der Waals surface area (Å²) in [7, 11) is 0. The Morgan fingerprint density at radius 3 is 2.75 bits per heavy atom. The quantitative estimate of drug-likeness (QED) is 0.775. The van der Waals surface area contributed by atoms with Crippen LogP contribution in [0.4, 0.5) is 0 Å². The van der Waals surface area contributed by atoms with Gasteiger partial charge >= 0.3 is 0 Å². The Balaban J connectivity index is 0.00000280. The van der Waals surface area contributed by atoms with Gasteiger partial charge in [0.15, 0.2) is 0 Å². The van der Waals surface area contributed by atoms with Crippen molar-refractivity contribution >= 4 is 24.2 Å². The van der Waals surface area contributed by atoms with E-state index in [0.29, 0.717) is 25.9 Å². The molecule has 1 fully saturated rings. The van der Waals surface area contributed by atoms with Gasteiger partial charge in [-0.1, -0.05) is 35.9 Å². The minimum absolute atomic E-state index is 0. The van der Waals surface area contributed by atoms with Gasteiger partial charge < -0.3 is 15.5 Å². The molecule has 1 aromatic carbocycles. The predicted molar refractivity (Wildman–Crippen MR) is 111 cm³/mol. The molecule has 28 heavy (non-hydrogen) atoms. The van der Waals surface area contributed by atoms with Crippen molar-refractivity contribution in [3.05, 3.63) is 65.5 Å². The molecule has 0 spiro atoms. The van der Waals surface area contributed by atoms with Crippen molar-refractivity contribution in [2.45, 2.75) is 25.8 Å². The van der Waals surface area contributed by atoms with Crippen molar-refractivity contribution in [3.8, 4) is 0 Å². The molecule has 2 N–H and O–H groups in total. The molecule has 1 saturated heterocycles. The van der Waals surface area contributed by atoms with Crippen LogP contribution in [-0.2, 0) is 16.0 Å². The fourth-order valence-corrected chi connectivity index (χ4v) is 3.25. The number of aromatic nitrogens is 1. The van der Waals surface area contributed by atoms with Crippen LogP contribution < -0.4 is 10.6 Å². The molecule has 2 heterocycles. The summed E-state index contributed by atoms with van der Waals surface area (Å²) in [6.45, 7) is 4.14. The summed E-state index contributed by atoms with van der Waals surface area (Å²) in [5, 5.41) is 6.08. The van der Waals surface area contributed by atoms with Crippen LogP contribution in [0.15, 0.2) is 48.8 Å². The lowest BCUT2D eigenvalue weighted by atomic mass is 10.1. The number of halogens is 1. The van der Waals surface area contributed by atoms with E-state index in [1.54, 1.807) is 12.4 Å². The van der Waals surface area contributed by atoms with Crippen molar-refractivity contribution in [2.24, 2.45) is 0 Å². The summed E-state index contributed by atoms with van der Waals surface area (Å²) >= 11 is 0. The molecular formula is C21H27ClN4O2. The van der Waals surface area contributed by atoms with Gasteiger partial charge in [-0.25, -0.2) is 0 Å². The third kappa shape index (κ3) is 6.04. The fourth-order valence-electron chi connectivity index (χ4n) is 3.25. The normalized spacial score (nSPS) is 16.2. The Kier molecular flexibility index (Phi) is 8.42. The molecule has 0 bridgehead atoms. The lowest BCUT2D eigenvalue weighted by Crippen LogP contribution is -2.51. The van der Waals surface area contributed by atoms with Crippen LogP contribution in [0.5, 0.6) is 0 Å². The topological polar surface area (TPSA) is 74.3 Å². The van der Waals surface area contributed by atoms with Crippen molar-refractivity contribution in [3.63, 3.8) is 0 Å². The van der Waals surface area contributed by atoms with Crippen LogP contribution in [-0.4, -0.2) is 47.9 Å². The number of pyridine rings is 1. The van der Waals surface area contributed by atoms with E-state index in [1.165, 1.54) is 5.56 Å². The van der Waals surface area contributed by atoms with E-state index in [9.17, 15) is 9.59 Å². The number of hydrogen-bond donors (Lipinski definition) is 2. The van der Waals surface area contributed by atoms with Crippen molar-refractivity contribution in [2.75, 3.05) is 26.2 Å². The summed E-state index contributed by atoms with van der Waals surface area (Å²) in [5.74, 6) is -0.161. The highest BCUT2D eigenvalue weighted by atomic mass is 35.5. The molecule has 1 unspecified atom stereocenters. The molecule has 2 aromatic rings. The van der Waals surface area contributed by atoms with Gasteiger partial charge in [-0.2, -0.15) is 0 Å². The summed E-state index contributed by atoms with van der Waals surface area (Å²) in [4.78, 5) is 30.8. The van der Waals surface area contributed by atoms with E-state index in [2.05, 4.69) is 15.6 Å². The molecule has 0 saturated carbocycles. The number of rotatable bonds is 6. The van der Waals surface area contributed by atoms with E-state index >= 15 is 0 Å². The molecule has 7 heteroatoms.